The zero-order valence-corrected chi connectivity index (χ0v) is 19.9. The third-order valence-electron chi connectivity index (χ3n) is 8.43. The van der Waals surface area contributed by atoms with E-state index in [0.29, 0.717) is 0 Å². The van der Waals surface area contributed by atoms with Gasteiger partial charge in [0.15, 0.2) is 0 Å². The molecule has 0 fully saturated rings. The predicted molar refractivity (Wildman–Crippen MR) is 149 cm³/mol. The highest BCUT2D eigenvalue weighted by atomic mass is 15.0. The first-order valence-corrected chi connectivity index (χ1v) is 12.5. The van der Waals surface area contributed by atoms with Crippen molar-refractivity contribution in [2.45, 2.75) is 19.3 Å². The zero-order valence-electron chi connectivity index (χ0n) is 19.9. The first-order chi connectivity index (χ1) is 17.2. The summed E-state index contributed by atoms with van der Waals surface area (Å²) in [5, 5.41) is 2.68. The molecule has 0 N–H and O–H groups in total. The van der Waals surface area contributed by atoms with Gasteiger partial charge in [-0.25, -0.2) is 0 Å². The van der Waals surface area contributed by atoms with Crippen LogP contribution in [-0.4, -0.2) is 11.3 Å². The minimum atomic E-state index is -0.116. The van der Waals surface area contributed by atoms with Crippen LogP contribution in [0.25, 0.3) is 38.6 Å². The molecule has 0 saturated heterocycles. The lowest BCUT2D eigenvalue weighted by Crippen LogP contribution is -2.63. The second-order valence-corrected chi connectivity index (χ2v) is 10.5. The first-order valence-electron chi connectivity index (χ1n) is 12.5. The summed E-state index contributed by atoms with van der Waals surface area (Å²) in [6, 6.07) is 40.5. The molecule has 3 heterocycles. The smallest absolute Gasteiger partial charge is 0.247 e. The predicted octanol–water partition coefficient (Wildman–Crippen LogP) is 5.92. The summed E-state index contributed by atoms with van der Waals surface area (Å²) in [5.74, 6) is 0. The summed E-state index contributed by atoms with van der Waals surface area (Å²) in [7, 11) is 0. The highest BCUT2D eigenvalue weighted by molar-refractivity contribution is 6.99. The molecule has 0 bridgehead atoms. The SMILES string of the molecule is CC1(C)c2ccccc2B2c3ccccc3-n3c4ccccc4c4cc(-c5ccccc5)c1c2c43. The molecule has 1 nitrogen and oxygen atoms in total. The maximum absolute atomic E-state index is 2.54. The summed E-state index contributed by atoms with van der Waals surface area (Å²) in [6.45, 7) is 5.06. The molecule has 0 unspecified atom stereocenters. The van der Waals surface area contributed by atoms with Gasteiger partial charge in [0, 0.05) is 27.4 Å². The maximum Gasteiger partial charge on any atom is 0.247 e. The van der Waals surface area contributed by atoms with E-state index in [-0.39, 0.29) is 12.1 Å². The molecule has 0 aliphatic carbocycles. The van der Waals surface area contributed by atoms with Gasteiger partial charge in [-0.3, -0.25) is 0 Å². The number of aromatic nitrogens is 1. The average molecular weight is 445 g/mol. The molecule has 8 rings (SSSR count). The third-order valence-corrected chi connectivity index (χ3v) is 8.43. The molecule has 0 atom stereocenters. The van der Waals surface area contributed by atoms with Crippen molar-refractivity contribution in [3.8, 4) is 16.8 Å². The average Bonchev–Trinajstić information content (AvgIpc) is 3.24. The Bertz CT molecular complexity index is 1820. The Morgan fingerprint density at radius 3 is 2.20 bits per heavy atom. The molecule has 164 valence electrons. The fourth-order valence-electron chi connectivity index (χ4n) is 7.07. The molecule has 0 saturated carbocycles. The topological polar surface area (TPSA) is 4.93 Å². The maximum atomic E-state index is 2.54. The molecule has 6 aromatic rings. The van der Waals surface area contributed by atoms with Crippen LogP contribution < -0.4 is 16.4 Å². The van der Waals surface area contributed by atoms with E-state index in [0.717, 1.165) is 0 Å². The number of fused-ring (bicyclic) bond motifs is 8. The molecule has 5 aromatic carbocycles. The lowest BCUT2D eigenvalue weighted by atomic mass is 9.30. The molecule has 0 spiro atoms. The van der Waals surface area contributed by atoms with Gasteiger partial charge in [0.25, 0.3) is 0 Å². The van der Waals surface area contributed by atoms with Crippen LogP contribution in [0, 0.1) is 0 Å². The van der Waals surface area contributed by atoms with Gasteiger partial charge >= 0.3 is 0 Å². The van der Waals surface area contributed by atoms with Crippen LogP contribution in [0.1, 0.15) is 25.0 Å². The van der Waals surface area contributed by atoms with Crippen molar-refractivity contribution in [1.29, 1.82) is 0 Å². The van der Waals surface area contributed by atoms with Crippen molar-refractivity contribution in [3.63, 3.8) is 0 Å². The van der Waals surface area contributed by atoms with Crippen LogP contribution in [-0.2, 0) is 5.41 Å². The molecule has 35 heavy (non-hydrogen) atoms. The summed E-state index contributed by atoms with van der Waals surface area (Å²) < 4.78 is 2.54. The lowest BCUT2D eigenvalue weighted by Gasteiger charge is -2.42. The Hall–Kier alpha value is -4.04. The van der Waals surface area contributed by atoms with Crippen LogP contribution in [0.5, 0.6) is 0 Å². The Labute approximate surface area is 205 Å². The van der Waals surface area contributed by atoms with Gasteiger partial charge in [0.1, 0.15) is 0 Å². The number of hydrogen-bond acceptors (Lipinski definition) is 0. The number of benzene rings is 5. The normalized spacial score (nSPS) is 14.7. The molecule has 1 aromatic heterocycles. The highest BCUT2D eigenvalue weighted by Crippen LogP contribution is 2.45. The Balaban J connectivity index is 1.68. The van der Waals surface area contributed by atoms with Crippen molar-refractivity contribution in [2.24, 2.45) is 0 Å². The van der Waals surface area contributed by atoms with E-state index >= 15 is 0 Å². The fourth-order valence-corrected chi connectivity index (χ4v) is 7.07. The summed E-state index contributed by atoms with van der Waals surface area (Å²) in [4.78, 5) is 0. The number of hydrogen-bond donors (Lipinski definition) is 0. The van der Waals surface area contributed by atoms with Crippen LogP contribution >= 0.6 is 0 Å². The van der Waals surface area contributed by atoms with E-state index in [1.165, 1.54) is 66.1 Å². The van der Waals surface area contributed by atoms with Crippen molar-refractivity contribution in [3.05, 3.63) is 120 Å². The van der Waals surface area contributed by atoms with Crippen molar-refractivity contribution in [2.75, 3.05) is 0 Å². The molecule has 2 aliphatic heterocycles. The lowest BCUT2D eigenvalue weighted by molar-refractivity contribution is 0.648. The second-order valence-electron chi connectivity index (χ2n) is 10.5. The second kappa shape index (κ2) is 6.55. The fraction of sp³-hybridized carbons (Fsp3) is 0.0909. The standard InChI is InChI=1S/C33H24BN/c1-33(2)25-15-7-8-16-26(25)34-27-17-9-11-19-29(27)35-28-18-10-6-14-22(28)24-20-23(21-12-4-3-5-13-21)30(33)31(34)32(24)35/h3-20H,1-2H3. The van der Waals surface area contributed by atoms with Crippen LogP contribution in [0.4, 0.5) is 0 Å². The molecule has 0 radical (unpaired) electrons. The molecule has 2 aliphatic rings. The van der Waals surface area contributed by atoms with E-state index in [1.54, 1.807) is 0 Å². The Morgan fingerprint density at radius 2 is 1.34 bits per heavy atom. The Kier molecular flexibility index (Phi) is 3.61. The van der Waals surface area contributed by atoms with E-state index < -0.39 is 0 Å². The highest BCUT2D eigenvalue weighted by Gasteiger charge is 2.46. The van der Waals surface area contributed by atoms with Crippen molar-refractivity contribution < 1.29 is 0 Å². The third kappa shape index (κ3) is 2.30. The van der Waals surface area contributed by atoms with Crippen molar-refractivity contribution >= 4 is 44.9 Å². The number of para-hydroxylation sites is 2. The molecule has 0 amide bonds. The molecular weight excluding hydrogens is 421 g/mol. The quantitative estimate of drug-likeness (QED) is 0.277. The number of rotatable bonds is 1. The van der Waals surface area contributed by atoms with Gasteiger partial charge in [-0.2, -0.15) is 0 Å². The van der Waals surface area contributed by atoms with Gasteiger partial charge < -0.3 is 4.57 Å². The summed E-state index contributed by atoms with van der Waals surface area (Å²) >= 11 is 0. The van der Waals surface area contributed by atoms with Crippen LogP contribution in [0.2, 0.25) is 0 Å². The monoisotopic (exact) mass is 445 g/mol. The van der Waals surface area contributed by atoms with Gasteiger partial charge in [0.05, 0.1) is 5.52 Å². The molecular formula is C33H24BN. The summed E-state index contributed by atoms with van der Waals surface area (Å²) in [5.41, 5.74) is 13.8. The van der Waals surface area contributed by atoms with Gasteiger partial charge in [-0.05, 0) is 51.4 Å². The van der Waals surface area contributed by atoms with E-state index in [2.05, 4.69) is 128 Å². The largest absolute Gasteiger partial charge is 0.310 e. The zero-order chi connectivity index (χ0) is 23.3. The van der Waals surface area contributed by atoms with Crippen LogP contribution in [0.15, 0.2) is 109 Å². The van der Waals surface area contributed by atoms with E-state index in [4.69, 9.17) is 0 Å². The minimum absolute atomic E-state index is 0.116. The van der Waals surface area contributed by atoms with Gasteiger partial charge in [0.2, 0.25) is 6.71 Å². The summed E-state index contributed by atoms with van der Waals surface area (Å²) in [6.07, 6.45) is 0. The first kappa shape index (κ1) is 19.3. The minimum Gasteiger partial charge on any atom is -0.310 e. The molecule has 2 heteroatoms. The van der Waals surface area contributed by atoms with E-state index in [1.807, 2.05) is 0 Å². The van der Waals surface area contributed by atoms with E-state index in [9.17, 15) is 0 Å². The Morgan fingerprint density at radius 1 is 0.657 bits per heavy atom. The number of nitrogens with zero attached hydrogens (tertiary/aromatic N) is 1. The van der Waals surface area contributed by atoms with Gasteiger partial charge in [-0.15, -0.1) is 0 Å². The van der Waals surface area contributed by atoms with Crippen molar-refractivity contribution in [1.82, 2.24) is 4.57 Å². The van der Waals surface area contributed by atoms with Gasteiger partial charge in [-0.1, -0.05) is 110 Å². The van der Waals surface area contributed by atoms with Crippen LogP contribution in [0.3, 0.4) is 0 Å².